The first-order valence-corrected chi connectivity index (χ1v) is 38.5. The van der Waals surface area contributed by atoms with Gasteiger partial charge in [-0.1, -0.05) is 109 Å². The SMILES string of the molecule is CNC(C(=O)N[C@@H](CCc1ccccc1)C(=O)Nc1cccc(C(F)(F)F)c1)[C@H](O)C(=O)O.CNCCN(CCNC)C(=O)[C@@H](O)C(NC)C(=O)N[C@@H](CCc1ccccc1)C(=O)Nc1cccc(C(F)(F)F)c1.CNCCNCCNC.Cl.Cl.Cl.NCCN(CCN)C(=O)[C@@H](O)C(N)C(=O)N[C@@H](CCc1ccccc1)C(=O)Nc1cccc(C(F)(F)F)c1. The van der Waals surface area contributed by atoms with Crippen LogP contribution < -0.4 is 86.3 Å². The quantitative estimate of drug-likeness (QED) is 0.0193. The number of hydrogen-bond donors (Lipinski definition) is 20. The number of aliphatic hydroxyl groups excluding tert-OH is 3. The van der Waals surface area contributed by atoms with E-state index in [0.717, 1.165) is 91.4 Å². The van der Waals surface area contributed by atoms with Gasteiger partial charge in [0.2, 0.25) is 35.4 Å². The number of amides is 8. The van der Waals surface area contributed by atoms with E-state index in [0.29, 0.717) is 45.4 Å². The topological polar surface area (TPSA) is 475 Å². The molecule has 692 valence electrons. The van der Waals surface area contributed by atoms with Crippen molar-refractivity contribution in [3.63, 3.8) is 0 Å². The Morgan fingerprint density at radius 3 is 0.944 bits per heavy atom. The van der Waals surface area contributed by atoms with Crippen LogP contribution in [0, 0.1) is 0 Å². The molecule has 23 N–H and O–H groups in total. The summed E-state index contributed by atoms with van der Waals surface area (Å²) in [5, 5.41) is 74.8. The van der Waals surface area contributed by atoms with Gasteiger partial charge in [-0.2, -0.15) is 39.5 Å². The number of hydrogen-bond acceptors (Lipinski definition) is 22. The number of nitrogens with two attached hydrogens (primary N) is 3. The van der Waals surface area contributed by atoms with Crippen LogP contribution in [0.15, 0.2) is 164 Å². The minimum absolute atomic E-state index is 0. The van der Waals surface area contributed by atoms with E-state index in [1.807, 2.05) is 44.4 Å². The molecule has 6 rings (SSSR count). The van der Waals surface area contributed by atoms with Crippen molar-refractivity contribution in [2.45, 2.75) is 112 Å². The molecule has 43 heteroatoms. The fraction of sp³-hybridized carbons (Fsp3) is 0.444. The number of aliphatic carboxylic acids is 1. The van der Waals surface area contributed by atoms with E-state index in [1.165, 1.54) is 48.2 Å². The number of alkyl halides is 9. The van der Waals surface area contributed by atoms with Crippen molar-refractivity contribution in [3.05, 3.63) is 197 Å². The number of carbonyl (C=O) groups excluding carboxylic acids is 8. The van der Waals surface area contributed by atoms with Crippen molar-refractivity contribution >= 4 is 108 Å². The number of halogens is 12. The number of aryl methyl sites for hydroxylation is 3. The molecule has 6 aromatic carbocycles. The van der Waals surface area contributed by atoms with E-state index in [1.54, 1.807) is 74.8 Å². The second-order valence-corrected chi connectivity index (χ2v) is 27.1. The zero-order valence-electron chi connectivity index (χ0n) is 69.2. The van der Waals surface area contributed by atoms with Gasteiger partial charge in [-0.15, -0.1) is 37.2 Å². The lowest BCUT2D eigenvalue weighted by atomic mass is 10.0. The maximum atomic E-state index is 13.3. The lowest BCUT2D eigenvalue weighted by Crippen LogP contribution is -2.59. The predicted octanol–water partition coefficient (Wildman–Crippen LogP) is 3.25. The molecule has 0 radical (unpaired) electrons. The Labute approximate surface area is 732 Å². The van der Waals surface area contributed by atoms with Crippen LogP contribution in [0.5, 0.6) is 0 Å². The Balaban J connectivity index is 0.00000173. The fourth-order valence-corrected chi connectivity index (χ4v) is 11.3. The molecule has 9 atom stereocenters. The standard InChI is InChI=1S/C28H39F3N6O4.C25H33F3N6O4.C22H24F3N3O5.C6H17N3.3ClH/c1-32-14-16-37(17-15-33-2)27(41)24(38)23(34-3)26(40)36-22(13-12-19-8-5-4-6-9-19)25(39)35-21-11-7-10-20(18-21)28(29,30)31;26-25(27,28)17-7-4-8-18(15-17)32-22(36)19(10-9-16-5-2-1-3-6-16)33-23(37)20(31)21(35)24(38)34(13-11-29)14-12-30;1-26-17(18(29)21(32)33)20(31)28-16(11-10-13-6-3-2-4-7-13)19(30)27-15-9-5-8-14(12-15)22(23,24)25;1-7-3-5-9-6-4-8-2;;;/h4-11,18,22-24,32-34,38H,12-17H2,1-3H3,(H,35,39)(H,36,40);1-8,15,19-21,35H,9-14,29-31H2,(H,32,36)(H,33,37);2-9,12,16-18,26,29H,10-11H2,1H3,(H,27,30)(H,28,31)(H,32,33);7-9H,3-6H2,1-2H3;3*1H/t22-,23?,24-;19-,20?,21-;16-,17?,18-;;;;/m000..../s1. The molecule has 0 fully saturated rings. The van der Waals surface area contributed by atoms with Gasteiger partial charge in [-0.25, -0.2) is 4.79 Å². The summed E-state index contributed by atoms with van der Waals surface area (Å²) in [5.41, 5.74) is 16.2. The minimum Gasteiger partial charge on any atom is -0.479 e. The molecule has 0 spiro atoms. The highest BCUT2D eigenvalue weighted by atomic mass is 35.5. The Morgan fingerprint density at radius 2 is 0.661 bits per heavy atom. The summed E-state index contributed by atoms with van der Waals surface area (Å²) in [6.07, 6.45) is -18.3. The third kappa shape index (κ3) is 42.3. The van der Waals surface area contributed by atoms with E-state index < -0.39 is 143 Å². The van der Waals surface area contributed by atoms with Gasteiger partial charge in [0.25, 0.3) is 11.8 Å². The number of carboxylic acids is 1. The van der Waals surface area contributed by atoms with Gasteiger partial charge in [-0.05, 0) is 152 Å². The average molecular weight is 1830 g/mol. The highest BCUT2D eigenvalue weighted by molar-refractivity contribution is 6.01. The lowest BCUT2D eigenvalue weighted by Gasteiger charge is -2.29. The number of benzene rings is 6. The number of aliphatic hydroxyl groups is 3. The molecular weight excluding hydrogens is 1710 g/mol. The molecule has 8 amide bonds. The van der Waals surface area contributed by atoms with Gasteiger partial charge in [0.15, 0.2) is 18.3 Å². The Morgan fingerprint density at radius 1 is 0.371 bits per heavy atom. The van der Waals surface area contributed by atoms with Gasteiger partial charge in [-0.3, -0.25) is 38.4 Å². The Bertz CT molecular complexity index is 4100. The third-order valence-electron chi connectivity index (χ3n) is 18.0. The minimum atomic E-state index is -4.61. The summed E-state index contributed by atoms with van der Waals surface area (Å²) < 4.78 is 118. The maximum absolute atomic E-state index is 13.3. The van der Waals surface area contributed by atoms with Crippen LogP contribution in [0.4, 0.5) is 56.6 Å². The summed E-state index contributed by atoms with van der Waals surface area (Å²) in [7, 11) is 10.0. The van der Waals surface area contributed by atoms with Crippen LogP contribution >= 0.6 is 37.2 Å². The zero-order chi connectivity index (χ0) is 90.3. The number of likely N-dealkylation sites (N-methyl/N-ethyl adjacent to an activating group) is 6. The summed E-state index contributed by atoms with van der Waals surface area (Å²) in [5.74, 6) is -8.25. The molecule has 0 aliphatic rings. The van der Waals surface area contributed by atoms with Crippen LogP contribution in [0.1, 0.15) is 52.6 Å². The molecule has 0 saturated heterocycles. The van der Waals surface area contributed by atoms with Crippen molar-refractivity contribution in [2.75, 3.05) is 137 Å². The van der Waals surface area contributed by atoms with Gasteiger partial charge in [0.1, 0.15) is 36.3 Å². The number of nitrogens with zero attached hydrogens (tertiary/aromatic N) is 2. The number of anilines is 3. The van der Waals surface area contributed by atoms with E-state index >= 15 is 0 Å². The summed E-state index contributed by atoms with van der Waals surface area (Å²) in [6, 6.07) is 31.0. The first-order chi connectivity index (χ1) is 57.4. The molecule has 31 nitrogen and oxygen atoms in total. The van der Waals surface area contributed by atoms with Gasteiger partial charge < -0.3 is 117 Å². The first-order valence-electron chi connectivity index (χ1n) is 38.5. The smallest absolute Gasteiger partial charge is 0.416 e. The zero-order valence-corrected chi connectivity index (χ0v) is 71.7. The monoisotopic (exact) mass is 1820 g/mol. The van der Waals surface area contributed by atoms with Crippen LogP contribution in [-0.2, 0) is 80.9 Å². The van der Waals surface area contributed by atoms with Crippen molar-refractivity contribution in [2.24, 2.45) is 17.2 Å². The van der Waals surface area contributed by atoms with Crippen molar-refractivity contribution in [3.8, 4) is 0 Å². The molecule has 0 bridgehead atoms. The van der Waals surface area contributed by atoms with Gasteiger partial charge in [0.05, 0.1) is 16.7 Å². The molecule has 0 saturated carbocycles. The van der Waals surface area contributed by atoms with Gasteiger partial charge in [0, 0.05) is 95.6 Å². The Kier molecular flexibility index (Phi) is 56.0. The van der Waals surface area contributed by atoms with Crippen LogP contribution in [0.2, 0.25) is 0 Å². The summed E-state index contributed by atoms with van der Waals surface area (Å²) in [6.45, 7) is 6.08. The van der Waals surface area contributed by atoms with Crippen LogP contribution in [0.25, 0.3) is 0 Å². The van der Waals surface area contributed by atoms with Crippen LogP contribution in [-0.4, -0.2) is 259 Å². The van der Waals surface area contributed by atoms with Crippen molar-refractivity contribution < 1.29 is 103 Å². The summed E-state index contributed by atoms with van der Waals surface area (Å²) in [4.78, 5) is 117. The van der Waals surface area contributed by atoms with E-state index in [9.17, 15) is 98.0 Å². The molecular formula is C81H116Cl3F9N18O13. The molecule has 0 heterocycles. The molecule has 0 aliphatic heterocycles. The van der Waals surface area contributed by atoms with Gasteiger partial charge >= 0.3 is 24.5 Å². The summed E-state index contributed by atoms with van der Waals surface area (Å²) >= 11 is 0. The molecule has 0 aliphatic carbocycles. The third-order valence-corrected chi connectivity index (χ3v) is 18.0. The molecule has 0 aromatic heterocycles. The second kappa shape index (κ2) is 60.8. The highest BCUT2D eigenvalue weighted by Crippen LogP contribution is 2.33. The van der Waals surface area contributed by atoms with E-state index in [2.05, 4.69) is 69.1 Å². The molecule has 3 unspecified atom stereocenters. The Hall–Kier alpha value is -9.73. The second-order valence-electron chi connectivity index (χ2n) is 27.1. The van der Waals surface area contributed by atoms with E-state index in [4.69, 9.17) is 22.3 Å². The average Bonchev–Trinajstić information content (AvgIpc) is 0.845. The number of carboxylic acid groups (broad SMARTS) is 1. The predicted molar refractivity (Wildman–Crippen MR) is 461 cm³/mol. The molecule has 124 heavy (non-hydrogen) atoms. The first kappa shape index (κ1) is 114. The number of rotatable bonds is 45. The highest BCUT2D eigenvalue weighted by Gasteiger charge is 2.39. The molecule has 6 aromatic rings. The van der Waals surface area contributed by atoms with Crippen molar-refractivity contribution in [1.29, 1.82) is 0 Å². The van der Waals surface area contributed by atoms with E-state index in [-0.39, 0.29) is 99.7 Å². The lowest BCUT2D eigenvalue weighted by molar-refractivity contribution is -0.151. The van der Waals surface area contributed by atoms with Crippen molar-refractivity contribution in [1.82, 2.24) is 63.0 Å². The number of carbonyl (C=O) groups is 9. The number of nitrogens with one attached hydrogen (secondary N) is 13. The largest absolute Gasteiger partial charge is 0.479 e. The fourth-order valence-electron chi connectivity index (χ4n) is 11.3. The maximum Gasteiger partial charge on any atom is 0.416 e. The normalized spacial score (nSPS) is 13.2. The van der Waals surface area contributed by atoms with Crippen LogP contribution in [0.3, 0.4) is 0 Å².